The number of ether oxygens (including phenoxy) is 3. The number of hydrogen-bond donors (Lipinski definition) is 7. The topological polar surface area (TPSA) is 178 Å². The Morgan fingerprint density at radius 2 is 1.59 bits per heavy atom. The number of aliphatic hydroxyl groups is 3. The van der Waals surface area contributed by atoms with E-state index in [0.717, 1.165) is 19.3 Å². The van der Waals surface area contributed by atoms with E-state index in [0.29, 0.717) is 18.3 Å². The van der Waals surface area contributed by atoms with Gasteiger partial charge in [-0.2, -0.15) is 0 Å². The van der Waals surface area contributed by atoms with Crippen LogP contribution in [0.1, 0.15) is 46.5 Å². The predicted molar refractivity (Wildman–Crippen MR) is 119 cm³/mol. The smallest absolute Gasteiger partial charge is 0.185 e. The van der Waals surface area contributed by atoms with Crippen LogP contribution in [0, 0.1) is 11.8 Å². The number of nitrogens with one attached hydrogen (secondary N) is 1. The summed E-state index contributed by atoms with van der Waals surface area (Å²) in [6.45, 7) is 5.95. The molecule has 32 heavy (non-hydrogen) atoms. The Balaban J connectivity index is 1.69. The van der Waals surface area contributed by atoms with Gasteiger partial charge in [0.1, 0.15) is 30.0 Å². The van der Waals surface area contributed by atoms with E-state index in [1.807, 2.05) is 0 Å². The van der Waals surface area contributed by atoms with E-state index in [2.05, 4.69) is 19.2 Å². The molecule has 0 bridgehead atoms. The molecule has 2 saturated carbocycles. The van der Waals surface area contributed by atoms with Crippen LogP contribution in [0.25, 0.3) is 0 Å². The maximum absolute atomic E-state index is 11.2. The van der Waals surface area contributed by atoms with E-state index in [4.69, 9.17) is 31.4 Å². The highest BCUT2D eigenvalue weighted by Crippen LogP contribution is 2.34. The quantitative estimate of drug-likeness (QED) is 0.244. The minimum Gasteiger partial charge on any atom is -0.388 e. The van der Waals surface area contributed by atoms with Crippen LogP contribution < -0.4 is 22.5 Å². The Labute approximate surface area is 191 Å². The Bertz CT molecular complexity index is 611. The maximum Gasteiger partial charge on any atom is 0.185 e. The summed E-state index contributed by atoms with van der Waals surface area (Å²) in [7, 11) is 1.65. The summed E-state index contributed by atoms with van der Waals surface area (Å²) in [5.74, 6) is 1.05. The highest BCUT2D eigenvalue weighted by atomic mass is 16.7. The summed E-state index contributed by atoms with van der Waals surface area (Å²) < 4.78 is 17.9. The minimum absolute atomic E-state index is 0.0365. The lowest BCUT2D eigenvalue weighted by Gasteiger charge is -2.48. The van der Waals surface area contributed by atoms with Crippen molar-refractivity contribution in [3.8, 4) is 0 Å². The van der Waals surface area contributed by atoms with Crippen LogP contribution >= 0.6 is 0 Å². The highest BCUT2D eigenvalue weighted by molar-refractivity contribution is 5.02. The first kappa shape index (κ1) is 26.2. The average Bonchev–Trinajstić information content (AvgIpc) is 2.71. The first-order valence-electron chi connectivity index (χ1n) is 11.9. The molecule has 0 aromatic carbocycles. The molecule has 1 saturated heterocycles. The van der Waals surface area contributed by atoms with Gasteiger partial charge in [-0.05, 0) is 51.5 Å². The standard InChI is InChI=1S/C22H44N4O6/c1-10(2)11-5-6-12(23)15(7-11)31-18-13(24)8-14(25)19(16(18)27)32-21-17(28)20(26-4)22(3,29)9-30-21/h10-21,26-29H,5-9,23-25H2,1-4H3. The van der Waals surface area contributed by atoms with Gasteiger partial charge in [0.15, 0.2) is 6.29 Å². The lowest BCUT2D eigenvalue weighted by atomic mass is 9.77. The van der Waals surface area contributed by atoms with Crippen LogP contribution in [0.4, 0.5) is 0 Å². The largest absolute Gasteiger partial charge is 0.388 e. The minimum atomic E-state index is -1.26. The first-order valence-corrected chi connectivity index (χ1v) is 11.9. The summed E-state index contributed by atoms with van der Waals surface area (Å²) in [5.41, 5.74) is 17.7. The summed E-state index contributed by atoms with van der Waals surface area (Å²) >= 11 is 0. The molecule has 10 N–H and O–H groups in total. The van der Waals surface area contributed by atoms with E-state index < -0.39 is 54.4 Å². The second-order valence-corrected chi connectivity index (χ2v) is 10.6. The zero-order chi connectivity index (χ0) is 23.8. The Hall–Kier alpha value is -0.400. The predicted octanol–water partition coefficient (Wildman–Crippen LogP) is -1.62. The van der Waals surface area contributed by atoms with Crippen molar-refractivity contribution in [2.75, 3.05) is 13.7 Å². The van der Waals surface area contributed by atoms with Crippen LogP contribution in [0.2, 0.25) is 0 Å². The van der Waals surface area contributed by atoms with Crippen molar-refractivity contribution in [1.82, 2.24) is 5.32 Å². The Morgan fingerprint density at radius 1 is 0.969 bits per heavy atom. The molecule has 12 atom stereocenters. The Morgan fingerprint density at radius 3 is 2.19 bits per heavy atom. The molecule has 0 spiro atoms. The molecule has 10 heteroatoms. The van der Waals surface area contributed by atoms with Crippen LogP contribution in [-0.4, -0.2) is 95.6 Å². The summed E-state index contributed by atoms with van der Waals surface area (Å²) in [5, 5.41) is 35.2. The van der Waals surface area contributed by atoms with Gasteiger partial charge in [-0.25, -0.2) is 0 Å². The van der Waals surface area contributed by atoms with Crippen molar-refractivity contribution in [3.05, 3.63) is 0 Å². The molecule has 1 aliphatic heterocycles. The second-order valence-electron chi connectivity index (χ2n) is 10.6. The lowest BCUT2D eigenvalue weighted by molar-refractivity contribution is -0.299. The van der Waals surface area contributed by atoms with Gasteiger partial charge in [0, 0.05) is 18.1 Å². The van der Waals surface area contributed by atoms with Gasteiger partial charge in [-0.15, -0.1) is 0 Å². The van der Waals surface area contributed by atoms with Crippen LogP contribution in [0.15, 0.2) is 0 Å². The molecule has 12 unspecified atom stereocenters. The number of hydrogen-bond acceptors (Lipinski definition) is 10. The highest BCUT2D eigenvalue weighted by Gasteiger charge is 2.50. The first-order chi connectivity index (χ1) is 15.0. The van der Waals surface area contributed by atoms with E-state index in [-0.39, 0.29) is 18.8 Å². The van der Waals surface area contributed by atoms with Crippen molar-refractivity contribution < 1.29 is 29.5 Å². The number of aliphatic hydroxyl groups excluding tert-OH is 2. The normalized spacial score (nSPS) is 50.5. The van der Waals surface area contributed by atoms with Gasteiger partial charge in [0.05, 0.1) is 18.8 Å². The van der Waals surface area contributed by atoms with Crippen molar-refractivity contribution in [2.24, 2.45) is 29.0 Å². The molecule has 10 nitrogen and oxygen atoms in total. The fraction of sp³-hybridized carbons (Fsp3) is 1.00. The van der Waals surface area contributed by atoms with E-state index in [1.54, 1.807) is 14.0 Å². The zero-order valence-electron chi connectivity index (χ0n) is 19.8. The number of rotatable bonds is 6. The molecule has 188 valence electrons. The van der Waals surface area contributed by atoms with E-state index >= 15 is 0 Å². The third-order valence-electron chi connectivity index (χ3n) is 7.65. The lowest BCUT2D eigenvalue weighted by Crippen LogP contribution is -2.68. The van der Waals surface area contributed by atoms with E-state index in [1.165, 1.54) is 0 Å². The third-order valence-corrected chi connectivity index (χ3v) is 7.65. The average molecular weight is 461 g/mol. The van der Waals surface area contributed by atoms with Crippen molar-refractivity contribution >= 4 is 0 Å². The molecular weight excluding hydrogens is 416 g/mol. The third kappa shape index (κ3) is 5.46. The second kappa shape index (κ2) is 10.5. The maximum atomic E-state index is 11.2. The molecule has 0 aromatic rings. The molecule has 0 aromatic heterocycles. The van der Waals surface area contributed by atoms with Gasteiger partial charge in [-0.3, -0.25) is 0 Å². The summed E-state index contributed by atoms with van der Waals surface area (Å²) in [4.78, 5) is 0. The van der Waals surface area contributed by atoms with Gasteiger partial charge >= 0.3 is 0 Å². The summed E-state index contributed by atoms with van der Waals surface area (Å²) in [6, 6.07) is -1.80. The zero-order valence-corrected chi connectivity index (χ0v) is 19.8. The molecular formula is C22H44N4O6. The molecule has 1 heterocycles. The van der Waals surface area contributed by atoms with Crippen LogP contribution in [0.3, 0.4) is 0 Å². The monoisotopic (exact) mass is 460 g/mol. The molecule has 3 rings (SSSR count). The van der Waals surface area contributed by atoms with Crippen LogP contribution in [-0.2, 0) is 14.2 Å². The Kier molecular flexibility index (Phi) is 8.58. The van der Waals surface area contributed by atoms with Gasteiger partial charge in [-0.1, -0.05) is 13.8 Å². The van der Waals surface area contributed by atoms with Crippen molar-refractivity contribution in [2.45, 2.75) is 113 Å². The molecule has 0 radical (unpaired) electrons. The number of likely N-dealkylation sites (N-methyl/N-ethyl adjacent to an activating group) is 1. The van der Waals surface area contributed by atoms with Crippen LogP contribution in [0.5, 0.6) is 0 Å². The molecule has 0 amide bonds. The van der Waals surface area contributed by atoms with Crippen molar-refractivity contribution in [1.29, 1.82) is 0 Å². The molecule has 3 aliphatic rings. The fourth-order valence-electron chi connectivity index (χ4n) is 5.51. The SMILES string of the molecule is CNC1C(O)C(OC2C(N)CC(N)C(OC3CC(C(C)C)CCC3N)C2O)OCC1(C)O. The van der Waals surface area contributed by atoms with Crippen molar-refractivity contribution in [3.63, 3.8) is 0 Å². The molecule has 2 aliphatic carbocycles. The molecule has 3 fully saturated rings. The summed E-state index contributed by atoms with van der Waals surface area (Å²) in [6.07, 6.45) is -1.89. The van der Waals surface area contributed by atoms with E-state index in [9.17, 15) is 15.3 Å². The van der Waals surface area contributed by atoms with Gasteiger partial charge in [0.2, 0.25) is 0 Å². The van der Waals surface area contributed by atoms with Gasteiger partial charge < -0.3 is 52.0 Å². The number of nitrogens with two attached hydrogens (primary N) is 3. The fourth-order valence-corrected chi connectivity index (χ4v) is 5.51. The van der Waals surface area contributed by atoms with Gasteiger partial charge in [0.25, 0.3) is 0 Å².